The minimum absolute atomic E-state index is 0.0359. The summed E-state index contributed by atoms with van der Waals surface area (Å²) in [7, 11) is 0. The Balaban J connectivity index is 2.00. The van der Waals surface area contributed by atoms with Crippen LogP contribution in [0.15, 0.2) is 36.4 Å². The van der Waals surface area contributed by atoms with Crippen LogP contribution in [0.5, 0.6) is 5.75 Å². The lowest BCUT2D eigenvalue weighted by Crippen LogP contribution is -2.19. The van der Waals surface area contributed by atoms with E-state index in [-0.39, 0.29) is 23.6 Å². The Labute approximate surface area is 160 Å². The van der Waals surface area contributed by atoms with E-state index >= 15 is 0 Å². The molecule has 0 aromatic heterocycles. The molecule has 0 saturated carbocycles. The molecule has 0 radical (unpaired) electrons. The van der Waals surface area contributed by atoms with Gasteiger partial charge in [0.1, 0.15) is 17.4 Å². The van der Waals surface area contributed by atoms with Gasteiger partial charge in [0.2, 0.25) is 0 Å². The predicted molar refractivity (Wildman–Crippen MR) is 96.1 cm³/mol. The Bertz CT molecular complexity index is 717. The second-order valence-electron chi connectivity index (χ2n) is 6.57. The lowest BCUT2D eigenvalue weighted by atomic mass is 9.99. The molecule has 0 aliphatic rings. The van der Waals surface area contributed by atoms with Crippen LogP contribution in [0.3, 0.4) is 0 Å². The zero-order valence-corrected chi connectivity index (χ0v) is 15.3. The van der Waals surface area contributed by atoms with E-state index in [0.717, 1.165) is 25.7 Å². The zero-order valence-electron chi connectivity index (χ0n) is 15.3. The van der Waals surface area contributed by atoms with Crippen LogP contribution < -0.4 is 4.74 Å². The summed E-state index contributed by atoms with van der Waals surface area (Å²) in [5.41, 5.74) is 0.524. The first-order valence-electron chi connectivity index (χ1n) is 9.14. The zero-order chi connectivity index (χ0) is 20.6. The molecule has 2 aromatic rings. The second-order valence-corrected chi connectivity index (χ2v) is 6.57. The Hall–Kier alpha value is -2.18. The van der Waals surface area contributed by atoms with E-state index in [4.69, 9.17) is 0 Å². The molecule has 28 heavy (non-hydrogen) atoms. The predicted octanol–water partition coefficient (Wildman–Crippen LogP) is 7.04. The second kappa shape index (κ2) is 10.4. The number of benzene rings is 2. The number of hydrogen-bond donors (Lipinski definition) is 0. The molecular weight excluding hydrogens is 382 g/mol. The molecule has 0 aliphatic carbocycles. The Morgan fingerprint density at radius 3 is 1.93 bits per heavy atom. The van der Waals surface area contributed by atoms with Crippen LogP contribution in [-0.4, -0.2) is 19.5 Å². The largest absolute Gasteiger partial charge is 0.484 e. The van der Waals surface area contributed by atoms with E-state index in [1.807, 2.05) is 0 Å². The average Bonchev–Trinajstić information content (AvgIpc) is 2.63. The van der Waals surface area contributed by atoms with Gasteiger partial charge in [-0.2, -0.15) is 13.2 Å². The van der Waals surface area contributed by atoms with Crippen molar-refractivity contribution < 1.29 is 31.1 Å². The van der Waals surface area contributed by atoms with Crippen LogP contribution in [-0.2, 0) is 6.42 Å². The molecule has 2 rings (SSSR count). The summed E-state index contributed by atoms with van der Waals surface area (Å²) in [6.45, 7) is -1.76. The molecule has 7 heteroatoms. The highest BCUT2D eigenvalue weighted by atomic mass is 19.4. The van der Waals surface area contributed by atoms with Gasteiger partial charge in [-0.1, -0.05) is 31.4 Å². The van der Waals surface area contributed by atoms with Gasteiger partial charge in [-0.3, -0.25) is 4.39 Å². The van der Waals surface area contributed by atoms with Crippen LogP contribution in [0.2, 0.25) is 0 Å². The number of rotatable bonds is 10. The molecule has 0 spiro atoms. The number of hydrogen-bond acceptors (Lipinski definition) is 1. The summed E-state index contributed by atoms with van der Waals surface area (Å²) >= 11 is 0. The van der Waals surface area contributed by atoms with Crippen molar-refractivity contribution in [3.8, 4) is 16.9 Å². The van der Waals surface area contributed by atoms with Gasteiger partial charge in [-0.25, -0.2) is 8.78 Å². The third kappa shape index (κ3) is 7.09. The minimum atomic E-state index is -4.46. The molecule has 0 heterocycles. The molecule has 0 aliphatic heterocycles. The van der Waals surface area contributed by atoms with Crippen molar-refractivity contribution in [2.24, 2.45) is 0 Å². The van der Waals surface area contributed by atoms with Crippen LogP contribution in [0.25, 0.3) is 11.1 Å². The van der Waals surface area contributed by atoms with Crippen LogP contribution in [0, 0.1) is 11.6 Å². The Morgan fingerprint density at radius 2 is 1.36 bits per heavy atom. The summed E-state index contributed by atoms with van der Waals surface area (Å²) in [4.78, 5) is 0. The van der Waals surface area contributed by atoms with Crippen LogP contribution in [0.4, 0.5) is 26.3 Å². The summed E-state index contributed by atoms with van der Waals surface area (Å²) in [6, 6.07) is 7.66. The monoisotopic (exact) mass is 404 g/mol. The maximum Gasteiger partial charge on any atom is 0.422 e. The molecule has 1 nitrogen and oxygen atoms in total. The third-order valence-electron chi connectivity index (χ3n) is 4.25. The number of unbranched alkanes of at least 4 members (excludes halogenated alkanes) is 4. The van der Waals surface area contributed by atoms with E-state index in [0.29, 0.717) is 18.4 Å². The topological polar surface area (TPSA) is 9.23 Å². The van der Waals surface area contributed by atoms with Gasteiger partial charge in [-0.15, -0.1) is 0 Å². The fourth-order valence-electron chi connectivity index (χ4n) is 2.88. The van der Waals surface area contributed by atoms with Crippen LogP contribution >= 0.6 is 0 Å². The lowest BCUT2D eigenvalue weighted by Gasteiger charge is -2.11. The normalized spacial score (nSPS) is 11.6. The highest BCUT2D eigenvalue weighted by Crippen LogP contribution is 2.29. The smallest absolute Gasteiger partial charge is 0.422 e. The first-order chi connectivity index (χ1) is 13.3. The Morgan fingerprint density at radius 1 is 0.786 bits per heavy atom. The van der Waals surface area contributed by atoms with Crippen molar-refractivity contribution in [2.75, 3.05) is 13.3 Å². The fraction of sp³-hybridized carbons (Fsp3) is 0.429. The standard InChI is InChI=1S/C21H22F6O/c22-11-5-3-1-2-4-6-15-12-18(23)20(19(24)13-15)16-7-9-17(10-8-16)28-14-21(25,26)27/h7-10,12-13H,1-6,11,14H2. The maximum atomic E-state index is 14.4. The summed E-state index contributed by atoms with van der Waals surface area (Å²) < 4.78 is 81.9. The van der Waals surface area contributed by atoms with Crippen molar-refractivity contribution >= 4 is 0 Å². The molecule has 154 valence electrons. The van der Waals surface area contributed by atoms with Gasteiger partial charge in [0.25, 0.3) is 0 Å². The van der Waals surface area contributed by atoms with E-state index < -0.39 is 24.4 Å². The van der Waals surface area contributed by atoms with Crippen molar-refractivity contribution in [3.63, 3.8) is 0 Å². The molecule has 0 fully saturated rings. The van der Waals surface area contributed by atoms with Gasteiger partial charge in [0, 0.05) is 0 Å². The molecule has 2 aromatic carbocycles. The first-order valence-corrected chi connectivity index (χ1v) is 9.14. The summed E-state index contributed by atoms with van der Waals surface area (Å²) in [6.07, 6.45) is -0.0807. The van der Waals surface area contributed by atoms with Crippen molar-refractivity contribution in [2.45, 2.75) is 44.7 Å². The molecule has 0 saturated heterocycles. The molecule has 0 atom stereocenters. The van der Waals surface area contributed by atoms with Crippen molar-refractivity contribution in [1.29, 1.82) is 0 Å². The van der Waals surface area contributed by atoms with E-state index in [1.54, 1.807) is 0 Å². The van der Waals surface area contributed by atoms with E-state index in [1.165, 1.54) is 36.4 Å². The van der Waals surface area contributed by atoms with Gasteiger partial charge < -0.3 is 4.74 Å². The Kier molecular flexibility index (Phi) is 8.20. The number of halogens is 6. The van der Waals surface area contributed by atoms with Crippen LogP contribution in [0.1, 0.15) is 37.7 Å². The number of ether oxygens (including phenoxy) is 1. The van der Waals surface area contributed by atoms with Crippen molar-refractivity contribution in [1.82, 2.24) is 0 Å². The fourth-order valence-corrected chi connectivity index (χ4v) is 2.88. The highest BCUT2D eigenvalue weighted by Gasteiger charge is 2.28. The first kappa shape index (κ1) is 22.1. The molecular formula is C21H22F6O. The van der Waals surface area contributed by atoms with Crippen molar-refractivity contribution in [3.05, 3.63) is 53.6 Å². The number of alkyl halides is 4. The SMILES string of the molecule is FCCCCCCCc1cc(F)c(-c2ccc(OCC(F)(F)F)cc2)c(F)c1. The minimum Gasteiger partial charge on any atom is -0.484 e. The van der Waals surface area contributed by atoms with E-state index in [2.05, 4.69) is 4.74 Å². The maximum absolute atomic E-state index is 14.4. The molecule has 0 unspecified atom stereocenters. The molecule has 0 bridgehead atoms. The van der Waals surface area contributed by atoms with Gasteiger partial charge in [-0.05, 0) is 54.7 Å². The lowest BCUT2D eigenvalue weighted by molar-refractivity contribution is -0.153. The van der Waals surface area contributed by atoms with Gasteiger partial charge >= 0.3 is 6.18 Å². The summed E-state index contributed by atoms with van der Waals surface area (Å²) in [5.74, 6) is -1.49. The number of aryl methyl sites for hydroxylation is 1. The van der Waals surface area contributed by atoms with Gasteiger partial charge in [0.05, 0.1) is 12.2 Å². The highest BCUT2D eigenvalue weighted by molar-refractivity contribution is 5.66. The van der Waals surface area contributed by atoms with Gasteiger partial charge in [0.15, 0.2) is 6.61 Å². The average molecular weight is 404 g/mol. The summed E-state index contributed by atoms with van der Waals surface area (Å²) in [5, 5.41) is 0. The molecule has 0 N–H and O–H groups in total. The quantitative estimate of drug-likeness (QED) is 0.305. The molecule has 0 amide bonds. The van der Waals surface area contributed by atoms with E-state index in [9.17, 15) is 26.3 Å². The third-order valence-corrected chi connectivity index (χ3v) is 4.25.